The third-order valence-electron chi connectivity index (χ3n) is 4.11. The predicted molar refractivity (Wildman–Crippen MR) is 108 cm³/mol. The van der Waals surface area contributed by atoms with E-state index >= 15 is 0 Å². The standard InChI is InChI=1S/C19H13Cl2FN6O/c20-12-6-4-11(5-7-12)16-8-17(26-25-16)18(29)24-19-23-10-28(27-19)9-13-14(21)2-1-3-15(13)22/h1-8,10H,9H2,(H,25,26)(H,24,27,29). The average molecular weight is 431 g/mol. The maximum Gasteiger partial charge on any atom is 0.276 e. The molecule has 0 aliphatic heterocycles. The van der Waals surface area contributed by atoms with E-state index in [2.05, 4.69) is 25.6 Å². The molecule has 0 atom stereocenters. The van der Waals surface area contributed by atoms with E-state index < -0.39 is 11.7 Å². The van der Waals surface area contributed by atoms with Gasteiger partial charge < -0.3 is 0 Å². The van der Waals surface area contributed by atoms with Gasteiger partial charge in [-0.2, -0.15) is 5.10 Å². The van der Waals surface area contributed by atoms with Crippen LogP contribution in [0.2, 0.25) is 10.0 Å². The molecule has 2 aromatic heterocycles. The van der Waals surface area contributed by atoms with Crippen LogP contribution in [0.4, 0.5) is 10.3 Å². The van der Waals surface area contributed by atoms with Crippen LogP contribution in [-0.4, -0.2) is 30.9 Å². The summed E-state index contributed by atoms with van der Waals surface area (Å²) in [6.07, 6.45) is 1.38. The fraction of sp³-hybridized carbons (Fsp3) is 0.0526. The summed E-state index contributed by atoms with van der Waals surface area (Å²) in [5.41, 5.74) is 1.94. The molecule has 0 unspecified atom stereocenters. The Kier molecular flexibility index (Phi) is 5.28. The Morgan fingerprint density at radius 3 is 2.72 bits per heavy atom. The van der Waals surface area contributed by atoms with Crippen molar-refractivity contribution in [3.63, 3.8) is 0 Å². The first-order chi connectivity index (χ1) is 14.0. The van der Waals surface area contributed by atoms with E-state index in [1.807, 2.05) is 0 Å². The highest BCUT2D eigenvalue weighted by atomic mass is 35.5. The zero-order chi connectivity index (χ0) is 20.4. The van der Waals surface area contributed by atoms with Gasteiger partial charge in [-0.1, -0.05) is 41.4 Å². The lowest BCUT2D eigenvalue weighted by Crippen LogP contribution is -2.14. The minimum absolute atomic E-state index is 0.0742. The predicted octanol–water partition coefficient (Wildman–Crippen LogP) is 4.41. The molecule has 0 fully saturated rings. The fourth-order valence-electron chi connectivity index (χ4n) is 2.65. The average Bonchev–Trinajstić information content (AvgIpc) is 3.35. The Morgan fingerprint density at radius 2 is 1.97 bits per heavy atom. The Labute approximate surface area is 174 Å². The second-order valence-electron chi connectivity index (χ2n) is 6.09. The lowest BCUT2D eigenvalue weighted by atomic mass is 10.1. The topological polar surface area (TPSA) is 88.5 Å². The van der Waals surface area contributed by atoms with Gasteiger partial charge in [0.25, 0.3) is 5.91 Å². The van der Waals surface area contributed by atoms with Crippen LogP contribution >= 0.6 is 23.2 Å². The third-order valence-corrected chi connectivity index (χ3v) is 4.71. The summed E-state index contributed by atoms with van der Waals surface area (Å²) in [6, 6.07) is 13.1. The largest absolute Gasteiger partial charge is 0.288 e. The molecule has 29 heavy (non-hydrogen) atoms. The molecule has 0 bridgehead atoms. The Morgan fingerprint density at radius 1 is 1.17 bits per heavy atom. The van der Waals surface area contributed by atoms with Crippen LogP contribution in [0, 0.1) is 5.82 Å². The number of anilines is 1. The van der Waals surface area contributed by atoms with Crippen molar-refractivity contribution in [1.29, 1.82) is 0 Å². The van der Waals surface area contributed by atoms with Gasteiger partial charge in [0.15, 0.2) is 0 Å². The van der Waals surface area contributed by atoms with Crippen molar-refractivity contribution in [3.05, 3.63) is 82.0 Å². The minimum Gasteiger partial charge on any atom is -0.288 e. The number of nitrogens with zero attached hydrogens (tertiary/aromatic N) is 4. The summed E-state index contributed by atoms with van der Waals surface area (Å²) < 4.78 is 15.3. The van der Waals surface area contributed by atoms with Crippen LogP contribution in [-0.2, 0) is 6.54 Å². The molecule has 2 aromatic carbocycles. The first-order valence-corrected chi connectivity index (χ1v) is 9.20. The number of halogens is 3. The van der Waals surface area contributed by atoms with Crippen LogP contribution in [0.5, 0.6) is 0 Å². The highest BCUT2D eigenvalue weighted by molar-refractivity contribution is 6.31. The number of hydrogen-bond donors (Lipinski definition) is 2. The molecule has 146 valence electrons. The van der Waals surface area contributed by atoms with Gasteiger partial charge in [-0.3, -0.25) is 15.2 Å². The van der Waals surface area contributed by atoms with Crippen LogP contribution < -0.4 is 5.32 Å². The van der Waals surface area contributed by atoms with E-state index in [1.54, 1.807) is 36.4 Å². The molecule has 2 heterocycles. The monoisotopic (exact) mass is 430 g/mol. The number of amides is 1. The van der Waals surface area contributed by atoms with E-state index in [0.717, 1.165) is 5.56 Å². The fourth-order valence-corrected chi connectivity index (χ4v) is 3.00. The number of aromatic nitrogens is 5. The summed E-state index contributed by atoms with van der Waals surface area (Å²) in [5.74, 6) is -0.824. The normalized spacial score (nSPS) is 10.9. The summed E-state index contributed by atoms with van der Waals surface area (Å²) in [6.45, 7) is 0.0825. The van der Waals surface area contributed by atoms with Gasteiger partial charge in [0.05, 0.1) is 12.2 Å². The lowest BCUT2D eigenvalue weighted by Gasteiger charge is -2.05. The van der Waals surface area contributed by atoms with Crippen molar-refractivity contribution in [3.8, 4) is 11.3 Å². The van der Waals surface area contributed by atoms with E-state index in [9.17, 15) is 9.18 Å². The molecule has 0 aliphatic rings. The number of nitrogens with one attached hydrogen (secondary N) is 2. The van der Waals surface area contributed by atoms with E-state index in [1.165, 1.54) is 23.1 Å². The number of carbonyl (C=O) groups excluding carboxylic acids is 1. The highest BCUT2D eigenvalue weighted by Gasteiger charge is 2.14. The smallest absolute Gasteiger partial charge is 0.276 e. The second-order valence-corrected chi connectivity index (χ2v) is 6.94. The second kappa shape index (κ2) is 8.02. The molecule has 4 rings (SSSR count). The molecule has 1 amide bonds. The molecule has 4 aromatic rings. The molecule has 7 nitrogen and oxygen atoms in total. The SMILES string of the molecule is O=C(Nc1ncn(Cc2c(F)cccc2Cl)n1)c1cc(-c2ccc(Cl)cc2)n[nH]1. The van der Waals surface area contributed by atoms with Crippen molar-refractivity contribution < 1.29 is 9.18 Å². The third kappa shape index (κ3) is 4.28. The van der Waals surface area contributed by atoms with Crippen molar-refractivity contribution >= 4 is 35.1 Å². The summed E-state index contributed by atoms with van der Waals surface area (Å²) >= 11 is 11.9. The molecule has 10 heteroatoms. The maximum absolute atomic E-state index is 13.9. The van der Waals surface area contributed by atoms with Gasteiger partial charge in [-0.15, -0.1) is 5.10 Å². The molecule has 2 N–H and O–H groups in total. The Hall–Kier alpha value is -3.23. The van der Waals surface area contributed by atoms with Crippen LogP contribution in [0.25, 0.3) is 11.3 Å². The van der Waals surface area contributed by atoms with Crippen molar-refractivity contribution in [2.75, 3.05) is 5.32 Å². The molecule has 0 saturated carbocycles. The lowest BCUT2D eigenvalue weighted by molar-refractivity contribution is 0.102. The zero-order valence-electron chi connectivity index (χ0n) is 14.7. The first-order valence-electron chi connectivity index (χ1n) is 8.44. The quantitative estimate of drug-likeness (QED) is 0.490. The van der Waals surface area contributed by atoms with Crippen molar-refractivity contribution in [2.45, 2.75) is 6.54 Å². The molecular weight excluding hydrogens is 418 g/mol. The van der Waals surface area contributed by atoms with Crippen LogP contribution in [0.1, 0.15) is 16.1 Å². The van der Waals surface area contributed by atoms with Gasteiger partial charge in [0.1, 0.15) is 17.8 Å². The number of aromatic amines is 1. The molecule has 0 saturated heterocycles. The van der Waals surface area contributed by atoms with E-state index in [4.69, 9.17) is 23.2 Å². The summed E-state index contributed by atoms with van der Waals surface area (Å²) in [4.78, 5) is 16.4. The Balaban J connectivity index is 1.45. The summed E-state index contributed by atoms with van der Waals surface area (Å²) in [5, 5.41) is 14.4. The van der Waals surface area contributed by atoms with Gasteiger partial charge in [-0.05, 0) is 30.3 Å². The van der Waals surface area contributed by atoms with Crippen LogP contribution in [0.15, 0.2) is 54.9 Å². The number of rotatable bonds is 5. The number of benzene rings is 2. The Bertz CT molecular complexity index is 1150. The summed E-state index contributed by atoms with van der Waals surface area (Å²) in [7, 11) is 0. The van der Waals surface area contributed by atoms with Crippen molar-refractivity contribution in [1.82, 2.24) is 25.0 Å². The van der Waals surface area contributed by atoms with Gasteiger partial charge in [0, 0.05) is 21.2 Å². The highest BCUT2D eigenvalue weighted by Crippen LogP contribution is 2.21. The molecular formula is C19H13Cl2FN6O. The number of H-pyrrole nitrogens is 1. The number of hydrogen-bond acceptors (Lipinski definition) is 4. The van der Waals surface area contributed by atoms with Gasteiger partial charge in [-0.25, -0.2) is 14.1 Å². The minimum atomic E-state index is -0.459. The molecule has 0 radical (unpaired) electrons. The van der Waals surface area contributed by atoms with Gasteiger partial charge >= 0.3 is 0 Å². The molecule has 0 spiro atoms. The number of carbonyl (C=O) groups is 1. The zero-order valence-corrected chi connectivity index (χ0v) is 16.2. The first kappa shape index (κ1) is 19.1. The maximum atomic E-state index is 13.9. The van der Waals surface area contributed by atoms with Crippen molar-refractivity contribution in [2.24, 2.45) is 0 Å². The molecule has 0 aliphatic carbocycles. The van der Waals surface area contributed by atoms with Gasteiger partial charge in [0.2, 0.25) is 5.95 Å². The van der Waals surface area contributed by atoms with E-state index in [0.29, 0.717) is 15.7 Å². The van der Waals surface area contributed by atoms with E-state index in [-0.39, 0.29) is 23.8 Å². The van der Waals surface area contributed by atoms with Crippen LogP contribution in [0.3, 0.4) is 0 Å².